The highest BCUT2D eigenvalue weighted by atomic mass is 16.5. The zero-order valence-electron chi connectivity index (χ0n) is 10.1. The predicted molar refractivity (Wildman–Crippen MR) is 65.9 cm³/mol. The van der Waals surface area contributed by atoms with Crippen LogP contribution in [-0.4, -0.2) is 21.6 Å². The first-order valence-electron chi connectivity index (χ1n) is 5.60. The second-order valence-electron chi connectivity index (χ2n) is 3.66. The van der Waals surface area contributed by atoms with Gasteiger partial charge in [0.25, 0.3) is 0 Å². The maximum atomic E-state index is 5.44. The lowest BCUT2D eigenvalue weighted by Crippen LogP contribution is -2.05. The Morgan fingerprint density at radius 2 is 2.29 bits per heavy atom. The van der Waals surface area contributed by atoms with Crippen molar-refractivity contribution in [3.63, 3.8) is 0 Å². The normalized spacial score (nSPS) is 10.2. The number of benzene rings is 1. The monoisotopic (exact) mass is 232 g/mol. The molecule has 1 aromatic carbocycles. The van der Waals surface area contributed by atoms with Gasteiger partial charge in [-0.05, 0) is 19.1 Å². The maximum Gasteiger partial charge on any atom is 0.121 e. The first kappa shape index (κ1) is 11.4. The van der Waals surface area contributed by atoms with Crippen molar-refractivity contribution in [2.24, 2.45) is 7.05 Å². The Balaban J connectivity index is 1.99. The number of anilines is 1. The first-order valence-corrected chi connectivity index (χ1v) is 5.60. The van der Waals surface area contributed by atoms with Crippen molar-refractivity contribution in [1.82, 2.24) is 15.0 Å². The van der Waals surface area contributed by atoms with E-state index < -0.39 is 0 Å². The lowest BCUT2D eigenvalue weighted by molar-refractivity contribution is 0.340. The van der Waals surface area contributed by atoms with Crippen molar-refractivity contribution < 1.29 is 4.74 Å². The first-order chi connectivity index (χ1) is 8.29. The van der Waals surface area contributed by atoms with Crippen molar-refractivity contribution in [3.05, 3.63) is 36.2 Å². The Morgan fingerprint density at radius 1 is 1.41 bits per heavy atom. The van der Waals surface area contributed by atoms with E-state index >= 15 is 0 Å². The average Bonchev–Trinajstić information content (AvgIpc) is 2.73. The number of hydrogen-bond donors (Lipinski definition) is 1. The van der Waals surface area contributed by atoms with E-state index in [0.717, 1.165) is 17.1 Å². The maximum absolute atomic E-state index is 5.44. The van der Waals surface area contributed by atoms with E-state index in [4.69, 9.17) is 4.74 Å². The van der Waals surface area contributed by atoms with Gasteiger partial charge in [-0.1, -0.05) is 11.3 Å². The van der Waals surface area contributed by atoms with Gasteiger partial charge in [0.15, 0.2) is 0 Å². The number of hydrogen-bond acceptors (Lipinski definition) is 4. The minimum Gasteiger partial charge on any atom is -0.494 e. The standard InChI is InChI=1S/C12H16N4O/c1-3-17-12-6-4-5-10(7-12)13-8-11-9-14-15-16(11)2/h4-7,9,13H,3,8H2,1-2H3. The molecule has 17 heavy (non-hydrogen) atoms. The second kappa shape index (κ2) is 5.34. The number of aromatic nitrogens is 3. The van der Waals surface area contributed by atoms with E-state index in [1.54, 1.807) is 10.9 Å². The molecule has 1 heterocycles. The molecule has 0 unspecified atom stereocenters. The van der Waals surface area contributed by atoms with Gasteiger partial charge in [-0.15, -0.1) is 5.10 Å². The summed E-state index contributed by atoms with van der Waals surface area (Å²) in [5, 5.41) is 11.0. The fraction of sp³-hybridized carbons (Fsp3) is 0.333. The van der Waals surface area contributed by atoms with Gasteiger partial charge in [0.2, 0.25) is 0 Å². The van der Waals surface area contributed by atoms with Crippen LogP contribution in [0.25, 0.3) is 0 Å². The number of nitrogens with zero attached hydrogens (tertiary/aromatic N) is 3. The minimum absolute atomic E-state index is 0.676. The molecule has 0 bridgehead atoms. The van der Waals surface area contributed by atoms with Crippen LogP contribution in [0.1, 0.15) is 12.6 Å². The number of nitrogens with one attached hydrogen (secondary N) is 1. The summed E-state index contributed by atoms with van der Waals surface area (Å²) < 4.78 is 7.19. The second-order valence-corrected chi connectivity index (χ2v) is 3.66. The largest absolute Gasteiger partial charge is 0.494 e. The van der Waals surface area contributed by atoms with Gasteiger partial charge < -0.3 is 10.1 Å². The Morgan fingerprint density at radius 3 is 3.00 bits per heavy atom. The molecule has 5 nitrogen and oxygen atoms in total. The lowest BCUT2D eigenvalue weighted by atomic mass is 10.3. The molecule has 0 saturated carbocycles. The highest BCUT2D eigenvalue weighted by molar-refractivity contribution is 5.48. The van der Waals surface area contributed by atoms with Crippen molar-refractivity contribution in [3.8, 4) is 5.75 Å². The van der Waals surface area contributed by atoms with E-state index in [1.165, 1.54) is 0 Å². The molecule has 0 spiro atoms. The summed E-state index contributed by atoms with van der Waals surface area (Å²) in [5.41, 5.74) is 2.06. The van der Waals surface area contributed by atoms with Gasteiger partial charge in [-0.25, -0.2) is 0 Å². The molecule has 1 aromatic heterocycles. The van der Waals surface area contributed by atoms with Gasteiger partial charge >= 0.3 is 0 Å². The smallest absolute Gasteiger partial charge is 0.121 e. The topological polar surface area (TPSA) is 52.0 Å². The zero-order chi connectivity index (χ0) is 12.1. The molecule has 0 aliphatic heterocycles. The molecule has 2 aromatic rings. The lowest BCUT2D eigenvalue weighted by Gasteiger charge is -2.08. The number of aryl methyl sites for hydroxylation is 1. The van der Waals surface area contributed by atoms with Crippen LogP contribution in [-0.2, 0) is 13.6 Å². The Bertz CT molecular complexity index is 481. The molecule has 1 N–H and O–H groups in total. The Kier molecular flexibility index (Phi) is 3.59. The highest BCUT2D eigenvalue weighted by Gasteiger charge is 2.00. The van der Waals surface area contributed by atoms with Crippen molar-refractivity contribution in [1.29, 1.82) is 0 Å². The summed E-state index contributed by atoms with van der Waals surface area (Å²) in [6.07, 6.45) is 1.75. The van der Waals surface area contributed by atoms with Gasteiger partial charge in [0.05, 0.1) is 25.0 Å². The quantitative estimate of drug-likeness (QED) is 0.854. The van der Waals surface area contributed by atoms with Crippen LogP contribution < -0.4 is 10.1 Å². The van der Waals surface area contributed by atoms with E-state index in [-0.39, 0.29) is 0 Å². The number of rotatable bonds is 5. The third-order valence-electron chi connectivity index (χ3n) is 2.43. The molecule has 0 amide bonds. The van der Waals surface area contributed by atoms with Crippen molar-refractivity contribution in [2.45, 2.75) is 13.5 Å². The molecular formula is C12H16N4O. The molecule has 0 saturated heterocycles. The van der Waals surface area contributed by atoms with Crippen LogP contribution in [0.15, 0.2) is 30.5 Å². The zero-order valence-corrected chi connectivity index (χ0v) is 10.1. The summed E-state index contributed by atoms with van der Waals surface area (Å²) in [4.78, 5) is 0. The molecule has 90 valence electrons. The van der Waals surface area contributed by atoms with Gasteiger partial charge in [0.1, 0.15) is 5.75 Å². The molecular weight excluding hydrogens is 216 g/mol. The Labute approximate surface area is 100 Å². The third-order valence-corrected chi connectivity index (χ3v) is 2.43. The van der Waals surface area contributed by atoms with Gasteiger partial charge in [-0.3, -0.25) is 4.68 Å². The van der Waals surface area contributed by atoms with Gasteiger partial charge in [0, 0.05) is 18.8 Å². The van der Waals surface area contributed by atoms with Gasteiger partial charge in [-0.2, -0.15) is 0 Å². The summed E-state index contributed by atoms with van der Waals surface area (Å²) in [6.45, 7) is 3.34. The SMILES string of the molecule is CCOc1cccc(NCc2cnnn2C)c1. The molecule has 0 radical (unpaired) electrons. The summed E-state index contributed by atoms with van der Waals surface area (Å²) >= 11 is 0. The third kappa shape index (κ3) is 2.96. The fourth-order valence-electron chi connectivity index (χ4n) is 1.53. The van der Waals surface area contributed by atoms with Crippen molar-refractivity contribution >= 4 is 5.69 Å². The molecule has 5 heteroatoms. The van der Waals surface area contributed by atoms with E-state index in [0.29, 0.717) is 13.2 Å². The molecule has 0 atom stereocenters. The van der Waals surface area contributed by atoms with Crippen molar-refractivity contribution in [2.75, 3.05) is 11.9 Å². The molecule has 0 aliphatic rings. The van der Waals surface area contributed by atoms with Crippen LogP contribution >= 0.6 is 0 Å². The van der Waals surface area contributed by atoms with Crippen LogP contribution in [0.5, 0.6) is 5.75 Å². The molecule has 0 aliphatic carbocycles. The fourth-order valence-corrected chi connectivity index (χ4v) is 1.53. The minimum atomic E-state index is 0.676. The predicted octanol–water partition coefficient (Wildman–Crippen LogP) is 1.83. The van der Waals surface area contributed by atoms with Crippen LogP contribution in [0.4, 0.5) is 5.69 Å². The molecule has 0 fully saturated rings. The number of ether oxygens (including phenoxy) is 1. The molecule has 2 rings (SSSR count). The average molecular weight is 232 g/mol. The summed E-state index contributed by atoms with van der Waals surface area (Å²) in [7, 11) is 1.88. The van der Waals surface area contributed by atoms with Crippen LogP contribution in [0, 0.1) is 0 Å². The highest BCUT2D eigenvalue weighted by Crippen LogP contribution is 2.17. The summed E-state index contributed by atoms with van der Waals surface area (Å²) in [5.74, 6) is 0.876. The summed E-state index contributed by atoms with van der Waals surface area (Å²) in [6, 6.07) is 7.90. The van der Waals surface area contributed by atoms with E-state index in [9.17, 15) is 0 Å². The Hall–Kier alpha value is -2.04. The van der Waals surface area contributed by atoms with Crippen LogP contribution in [0.2, 0.25) is 0 Å². The van der Waals surface area contributed by atoms with Crippen LogP contribution in [0.3, 0.4) is 0 Å². The van der Waals surface area contributed by atoms with E-state index in [1.807, 2.05) is 38.2 Å². The van der Waals surface area contributed by atoms with E-state index in [2.05, 4.69) is 15.6 Å².